The van der Waals surface area contributed by atoms with E-state index in [0.717, 1.165) is 47.1 Å². The zero-order valence-corrected chi connectivity index (χ0v) is 10.4. The molecule has 3 aromatic heterocycles. The Labute approximate surface area is 109 Å². The topological polar surface area (TPSA) is 83.7 Å². The van der Waals surface area contributed by atoms with Crippen LogP contribution < -0.4 is 10.6 Å². The Balaban J connectivity index is 2.01. The number of aromatic amines is 1. The van der Waals surface area contributed by atoms with Gasteiger partial charge in [-0.2, -0.15) is 5.10 Å². The number of pyridine rings is 1. The minimum absolute atomic E-state index is 0.242. The average Bonchev–Trinajstić information content (AvgIpc) is 3.06. The molecule has 0 spiro atoms. The van der Waals surface area contributed by atoms with Crippen LogP contribution >= 0.6 is 0 Å². The molecule has 6 heteroatoms. The SMILES string of the molecule is NC1CCN(c2cnnc3cnc4[nH]ccc4c23)C1. The molecule has 0 aliphatic carbocycles. The van der Waals surface area contributed by atoms with Gasteiger partial charge < -0.3 is 15.6 Å². The summed E-state index contributed by atoms with van der Waals surface area (Å²) in [5, 5.41) is 10.5. The molecule has 4 heterocycles. The lowest BCUT2D eigenvalue weighted by Gasteiger charge is -2.19. The Bertz CT molecular complexity index is 749. The highest BCUT2D eigenvalue weighted by molar-refractivity contribution is 6.09. The van der Waals surface area contributed by atoms with Crippen LogP contribution in [-0.4, -0.2) is 39.3 Å². The zero-order chi connectivity index (χ0) is 12.8. The van der Waals surface area contributed by atoms with Gasteiger partial charge in [0.2, 0.25) is 0 Å². The highest BCUT2D eigenvalue weighted by Crippen LogP contribution is 2.31. The summed E-state index contributed by atoms with van der Waals surface area (Å²) in [7, 11) is 0. The number of nitrogens with zero attached hydrogens (tertiary/aromatic N) is 4. The minimum atomic E-state index is 0.242. The van der Waals surface area contributed by atoms with Crippen molar-refractivity contribution in [2.75, 3.05) is 18.0 Å². The van der Waals surface area contributed by atoms with Crippen molar-refractivity contribution in [3.8, 4) is 0 Å². The molecule has 0 bridgehead atoms. The lowest BCUT2D eigenvalue weighted by molar-refractivity contribution is 0.752. The molecule has 1 aliphatic rings. The molecule has 96 valence electrons. The van der Waals surface area contributed by atoms with Crippen molar-refractivity contribution < 1.29 is 0 Å². The van der Waals surface area contributed by atoms with Crippen molar-refractivity contribution in [2.45, 2.75) is 12.5 Å². The Hall–Kier alpha value is -2.21. The van der Waals surface area contributed by atoms with Crippen LogP contribution in [0.1, 0.15) is 6.42 Å². The third kappa shape index (κ3) is 1.57. The maximum atomic E-state index is 6.00. The fraction of sp³-hybridized carbons (Fsp3) is 0.308. The molecule has 1 unspecified atom stereocenters. The van der Waals surface area contributed by atoms with E-state index in [2.05, 4.69) is 25.1 Å². The zero-order valence-electron chi connectivity index (χ0n) is 10.4. The van der Waals surface area contributed by atoms with E-state index >= 15 is 0 Å². The first kappa shape index (κ1) is 10.7. The van der Waals surface area contributed by atoms with Crippen molar-refractivity contribution in [1.29, 1.82) is 0 Å². The number of H-pyrrole nitrogens is 1. The number of aromatic nitrogens is 4. The minimum Gasteiger partial charge on any atom is -0.368 e. The summed E-state index contributed by atoms with van der Waals surface area (Å²) in [5.74, 6) is 0. The van der Waals surface area contributed by atoms with Gasteiger partial charge in [0.15, 0.2) is 0 Å². The van der Waals surface area contributed by atoms with Crippen LogP contribution in [0, 0.1) is 0 Å². The maximum absolute atomic E-state index is 6.00. The monoisotopic (exact) mass is 254 g/mol. The third-order valence-corrected chi connectivity index (χ3v) is 3.73. The smallest absolute Gasteiger partial charge is 0.138 e. The molecule has 6 nitrogen and oxygen atoms in total. The molecule has 3 N–H and O–H groups in total. The second kappa shape index (κ2) is 3.89. The summed E-state index contributed by atoms with van der Waals surface area (Å²) in [5.41, 5.74) is 8.81. The average molecular weight is 254 g/mol. The molecule has 0 saturated carbocycles. The van der Waals surface area contributed by atoms with Gasteiger partial charge in [-0.15, -0.1) is 5.10 Å². The van der Waals surface area contributed by atoms with Crippen molar-refractivity contribution >= 4 is 27.6 Å². The molecule has 0 aromatic carbocycles. The Kier molecular flexibility index (Phi) is 2.19. The fourth-order valence-electron chi connectivity index (χ4n) is 2.80. The van der Waals surface area contributed by atoms with Crippen molar-refractivity contribution in [1.82, 2.24) is 20.2 Å². The summed E-state index contributed by atoms with van der Waals surface area (Å²) in [6.07, 6.45) is 6.51. The normalized spacial score (nSPS) is 19.6. The first-order chi connectivity index (χ1) is 9.33. The highest BCUT2D eigenvalue weighted by Gasteiger charge is 2.22. The summed E-state index contributed by atoms with van der Waals surface area (Å²) in [6.45, 7) is 1.84. The molecule has 0 radical (unpaired) electrons. The molecule has 3 aromatic rings. The van der Waals surface area contributed by atoms with E-state index in [1.807, 2.05) is 18.5 Å². The Morgan fingerprint density at radius 2 is 2.32 bits per heavy atom. The van der Waals surface area contributed by atoms with Gasteiger partial charge in [-0.3, -0.25) is 0 Å². The van der Waals surface area contributed by atoms with Crippen LogP contribution in [-0.2, 0) is 0 Å². The number of rotatable bonds is 1. The number of hydrogen-bond donors (Lipinski definition) is 2. The molecule has 1 atom stereocenters. The van der Waals surface area contributed by atoms with E-state index in [9.17, 15) is 0 Å². The van der Waals surface area contributed by atoms with Gasteiger partial charge >= 0.3 is 0 Å². The number of nitrogens with one attached hydrogen (secondary N) is 1. The Morgan fingerprint density at radius 3 is 3.16 bits per heavy atom. The quantitative estimate of drug-likeness (QED) is 0.678. The summed E-state index contributed by atoms with van der Waals surface area (Å²) >= 11 is 0. The predicted octanol–water partition coefficient (Wildman–Crippen LogP) is 1.04. The fourth-order valence-corrected chi connectivity index (χ4v) is 2.80. The first-order valence-corrected chi connectivity index (χ1v) is 6.41. The molecule has 1 aliphatic heterocycles. The van der Waals surface area contributed by atoms with E-state index in [-0.39, 0.29) is 6.04 Å². The van der Waals surface area contributed by atoms with Gasteiger partial charge in [-0.05, 0) is 12.5 Å². The van der Waals surface area contributed by atoms with Crippen LogP contribution in [0.3, 0.4) is 0 Å². The van der Waals surface area contributed by atoms with Crippen LogP contribution in [0.15, 0.2) is 24.7 Å². The van der Waals surface area contributed by atoms with Crippen LogP contribution in [0.25, 0.3) is 21.9 Å². The molecular weight excluding hydrogens is 240 g/mol. The largest absolute Gasteiger partial charge is 0.368 e. The lowest BCUT2D eigenvalue weighted by atomic mass is 10.1. The van der Waals surface area contributed by atoms with E-state index in [0.29, 0.717) is 0 Å². The first-order valence-electron chi connectivity index (χ1n) is 6.41. The number of hydrogen-bond acceptors (Lipinski definition) is 5. The Morgan fingerprint density at radius 1 is 1.37 bits per heavy atom. The molecule has 19 heavy (non-hydrogen) atoms. The van der Waals surface area contributed by atoms with Crippen LogP contribution in [0.4, 0.5) is 5.69 Å². The van der Waals surface area contributed by atoms with E-state index in [4.69, 9.17) is 5.73 Å². The van der Waals surface area contributed by atoms with Gasteiger partial charge in [0.25, 0.3) is 0 Å². The van der Waals surface area contributed by atoms with Crippen molar-refractivity contribution in [3.63, 3.8) is 0 Å². The van der Waals surface area contributed by atoms with Gasteiger partial charge in [0.1, 0.15) is 11.2 Å². The van der Waals surface area contributed by atoms with Crippen molar-refractivity contribution in [2.24, 2.45) is 5.73 Å². The van der Waals surface area contributed by atoms with Gasteiger partial charge in [0, 0.05) is 36.1 Å². The summed E-state index contributed by atoms with van der Waals surface area (Å²) in [4.78, 5) is 9.77. The van der Waals surface area contributed by atoms with Gasteiger partial charge in [-0.25, -0.2) is 4.98 Å². The summed E-state index contributed by atoms with van der Waals surface area (Å²) in [6, 6.07) is 2.28. The molecule has 1 saturated heterocycles. The van der Waals surface area contributed by atoms with E-state index < -0.39 is 0 Å². The summed E-state index contributed by atoms with van der Waals surface area (Å²) < 4.78 is 0. The van der Waals surface area contributed by atoms with Gasteiger partial charge in [-0.1, -0.05) is 0 Å². The predicted molar refractivity (Wildman–Crippen MR) is 74.0 cm³/mol. The molecule has 0 amide bonds. The maximum Gasteiger partial charge on any atom is 0.138 e. The number of fused-ring (bicyclic) bond motifs is 3. The molecule has 4 rings (SSSR count). The third-order valence-electron chi connectivity index (χ3n) is 3.73. The van der Waals surface area contributed by atoms with Crippen LogP contribution in [0.2, 0.25) is 0 Å². The number of anilines is 1. The highest BCUT2D eigenvalue weighted by atomic mass is 15.2. The number of nitrogens with two attached hydrogens (primary N) is 1. The second-order valence-corrected chi connectivity index (χ2v) is 4.98. The molecular formula is C13H14N6. The lowest BCUT2D eigenvalue weighted by Crippen LogP contribution is -2.26. The molecule has 1 fully saturated rings. The van der Waals surface area contributed by atoms with Gasteiger partial charge in [0.05, 0.1) is 18.1 Å². The van der Waals surface area contributed by atoms with Crippen molar-refractivity contribution in [3.05, 3.63) is 24.7 Å². The van der Waals surface area contributed by atoms with E-state index in [1.165, 1.54) is 0 Å². The van der Waals surface area contributed by atoms with E-state index in [1.54, 1.807) is 6.20 Å². The standard InChI is InChI=1S/C13H14N6/c14-8-2-4-19(7-8)11-6-17-18-10-5-16-13-9(12(10)11)1-3-15-13/h1,3,5-6,8H,2,4,7,14H2,(H,15,16). The second-order valence-electron chi connectivity index (χ2n) is 4.98. The van der Waals surface area contributed by atoms with Crippen LogP contribution in [0.5, 0.6) is 0 Å².